The van der Waals surface area contributed by atoms with E-state index in [1.807, 2.05) is 0 Å². The average molecular weight is 551 g/mol. The van der Waals surface area contributed by atoms with Crippen LogP contribution in [0.15, 0.2) is 28.8 Å². The maximum Gasteiger partial charge on any atom is 0.373 e. The number of carboxylic acids is 3. The predicted octanol–water partition coefficient (Wildman–Crippen LogP) is -2.01. The van der Waals surface area contributed by atoms with Gasteiger partial charge in [0.05, 0.1) is 19.1 Å². The summed E-state index contributed by atoms with van der Waals surface area (Å²) in [4.78, 5) is 38.5. The highest BCUT2D eigenvalue weighted by Crippen LogP contribution is 2.40. The van der Waals surface area contributed by atoms with Crippen LogP contribution in [0.5, 0.6) is 11.5 Å². The van der Waals surface area contributed by atoms with E-state index in [-0.39, 0.29) is 36.4 Å². The highest BCUT2D eigenvalue weighted by Gasteiger charge is 2.46. The molecule has 8 N–H and O–H groups in total. The molecule has 1 aromatic carbocycles. The lowest BCUT2D eigenvalue weighted by Crippen LogP contribution is -2.60. The number of hydrogen-bond donors (Lipinski definition) is 8. The van der Waals surface area contributed by atoms with Gasteiger partial charge in [-0.1, -0.05) is 5.57 Å². The molecule has 0 amide bonds. The van der Waals surface area contributed by atoms with Crippen LogP contribution in [-0.2, 0) is 25.5 Å². The Kier molecular flexibility index (Phi) is 7.99. The third-order valence-electron chi connectivity index (χ3n) is 6.73. The van der Waals surface area contributed by atoms with E-state index in [0.717, 1.165) is 0 Å². The van der Waals surface area contributed by atoms with Gasteiger partial charge in [-0.15, -0.1) is 0 Å². The van der Waals surface area contributed by atoms with Crippen molar-refractivity contribution in [3.8, 4) is 11.5 Å². The Morgan fingerprint density at radius 3 is 2.38 bits per heavy atom. The molecule has 0 bridgehead atoms. The van der Waals surface area contributed by atoms with E-state index >= 15 is 0 Å². The molecular formula is C24H27N2O13+. The number of benzene rings is 1. The van der Waals surface area contributed by atoms with Crippen LogP contribution in [-0.4, -0.2) is 125 Å². The number of allylic oxidation sites excluding steroid dienone is 1. The van der Waals surface area contributed by atoms with Gasteiger partial charge in [0, 0.05) is 24.5 Å². The molecule has 4 rings (SSSR count). The second-order valence-electron chi connectivity index (χ2n) is 9.32. The number of aliphatic hydroxyl groups excluding tert-OH is 4. The molecule has 0 radical (unpaired) electrons. The second-order valence-corrected chi connectivity index (χ2v) is 9.32. The van der Waals surface area contributed by atoms with Crippen LogP contribution in [0.4, 0.5) is 5.69 Å². The smallest absolute Gasteiger partial charge is 0.373 e. The van der Waals surface area contributed by atoms with Crippen LogP contribution in [0.1, 0.15) is 18.4 Å². The van der Waals surface area contributed by atoms with Crippen LogP contribution in [0.25, 0.3) is 0 Å². The number of aliphatic carboxylic acids is 3. The molecule has 3 heterocycles. The Hall–Kier alpha value is -3.89. The van der Waals surface area contributed by atoms with E-state index in [2.05, 4.69) is 4.99 Å². The van der Waals surface area contributed by atoms with E-state index in [0.29, 0.717) is 11.1 Å². The van der Waals surface area contributed by atoms with Crippen molar-refractivity contribution in [2.75, 3.05) is 6.61 Å². The SMILES string of the molecule is O=C(O)C1=NC(C(=O)O)CC(=CC=[N+]2c3cc(O)c(OC4OC(CO)C(O)C(O)C4O)cc3CC2C(=O)O)C1. The number of hydrogen-bond acceptors (Lipinski definition) is 11. The summed E-state index contributed by atoms with van der Waals surface area (Å²) < 4.78 is 12.1. The maximum absolute atomic E-state index is 12.0. The zero-order valence-corrected chi connectivity index (χ0v) is 20.2. The Labute approximate surface area is 219 Å². The molecule has 0 saturated carbocycles. The fraction of sp³-hybridized carbons (Fsp3) is 0.458. The largest absolute Gasteiger partial charge is 0.504 e. The van der Waals surface area contributed by atoms with Crippen LogP contribution in [0.2, 0.25) is 0 Å². The molecule has 0 aromatic heterocycles. The molecule has 7 unspecified atom stereocenters. The Balaban J connectivity index is 1.64. The van der Waals surface area contributed by atoms with E-state index in [1.165, 1.54) is 29.0 Å². The number of phenolic OH excluding ortho intramolecular Hbond substituents is 1. The van der Waals surface area contributed by atoms with Crippen LogP contribution in [0, 0.1) is 0 Å². The van der Waals surface area contributed by atoms with Gasteiger partial charge in [-0.05, 0) is 6.07 Å². The lowest BCUT2D eigenvalue weighted by atomic mass is 9.96. The molecule has 15 nitrogen and oxygen atoms in total. The first-order valence-electron chi connectivity index (χ1n) is 11.8. The normalized spacial score (nSPS) is 32.5. The van der Waals surface area contributed by atoms with Crippen molar-refractivity contribution in [2.24, 2.45) is 4.99 Å². The number of aliphatic hydroxyl groups is 4. The Morgan fingerprint density at radius 2 is 1.77 bits per heavy atom. The van der Waals surface area contributed by atoms with E-state index < -0.39 is 73.1 Å². The van der Waals surface area contributed by atoms with Crippen molar-refractivity contribution in [3.63, 3.8) is 0 Å². The first-order chi connectivity index (χ1) is 18.4. The highest BCUT2D eigenvalue weighted by molar-refractivity contribution is 6.36. The fourth-order valence-electron chi connectivity index (χ4n) is 4.65. The van der Waals surface area contributed by atoms with Gasteiger partial charge in [0.15, 0.2) is 23.8 Å². The van der Waals surface area contributed by atoms with Crippen LogP contribution in [0.3, 0.4) is 0 Å². The number of fused-ring (bicyclic) bond motifs is 1. The van der Waals surface area contributed by atoms with Gasteiger partial charge in [-0.3, -0.25) is 4.99 Å². The molecule has 0 aliphatic carbocycles. The van der Waals surface area contributed by atoms with Gasteiger partial charge in [-0.2, -0.15) is 4.58 Å². The lowest BCUT2D eigenvalue weighted by molar-refractivity contribution is -0.456. The Bertz CT molecular complexity index is 1270. The van der Waals surface area contributed by atoms with Crippen molar-refractivity contribution < 1.29 is 69.3 Å². The molecule has 210 valence electrons. The van der Waals surface area contributed by atoms with Crippen molar-refractivity contribution in [2.45, 2.75) is 62.1 Å². The number of carbonyl (C=O) groups is 3. The molecule has 15 heteroatoms. The first kappa shape index (κ1) is 28.1. The molecule has 3 aliphatic rings. The van der Waals surface area contributed by atoms with E-state index in [9.17, 15) is 55.2 Å². The van der Waals surface area contributed by atoms with Crippen LogP contribution < -0.4 is 4.74 Å². The number of phenols is 1. The van der Waals surface area contributed by atoms with Crippen molar-refractivity contribution in [1.29, 1.82) is 0 Å². The summed E-state index contributed by atoms with van der Waals surface area (Å²) in [6, 6.07) is 0.0961. The number of carboxylic acid groups (broad SMARTS) is 3. The maximum atomic E-state index is 12.0. The summed E-state index contributed by atoms with van der Waals surface area (Å²) >= 11 is 0. The number of rotatable bonds is 7. The van der Waals surface area contributed by atoms with Gasteiger partial charge in [0.25, 0.3) is 6.04 Å². The van der Waals surface area contributed by atoms with Gasteiger partial charge < -0.3 is 50.3 Å². The summed E-state index contributed by atoms with van der Waals surface area (Å²) in [5.41, 5.74) is 0.752. The van der Waals surface area contributed by atoms with Crippen molar-refractivity contribution in [3.05, 3.63) is 29.3 Å². The number of ether oxygens (including phenoxy) is 2. The summed E-state index contributed by atoms with van der Waals surface area (Å²) in [5, 5.41) is 78.4. The molecule has 1 saturated heterocycles. The van der Waals surface area contributed by atoms with Crippen molar-refractivity contribution in [1.82, 2.24) is 0 Å². The zero-order valence-electron chi connectivity index (χ0n) is 20.2. The number of aliphatic imine (C=N–C) groups is 1. The molecular weight excluding hydrogens is 524 g/mol. The number of aromatic hydroxyl groups is 1. The fourth-order valence-corrected chi connectivity index (χ4v) is 4.65. The molecule has 0 spiro atoms. The summed E-state index contributed by atoms with van der Waals surface area (Å²) in [6.45, 7) is -0.686. The van der Waals surface area contributed by atoms with Gasteiger partial charge in [0.2, 0.25) is 12.0 Å². The minimum atomic E-state index is -1.73. The summed E-state index contributed by atoms with van der Waals surface area (Å²) in [6.07, 6.45) is -5.34. The summed E-state index contributed by atoms with van der Waals surface area (Å²) in [5.74, 6) is -4.57. The molecule has 1 aromatic rings. The molecule has 39 heavy (non-hydrogen) atoms. The van der Waals surface area contributed by atoms with Crippen molar-refractivity contribution >= 4 is 35.5 Å². The second kappa shape index (κ2) is 11.1. The summed E-state index contributed by atoms with van der Waals surface area (Å²) in [7, 11) is 0. The quantitative estimate of drug-likeness (QED) is 0.171. The third-order valence-corrected chi connectivity index (χ3v) is 6.73. The highest BCUT2D eigenvalue weighted by atomic mass is 16.7. The van der Waals surface area contributed by atoms with Gasteiger partial charge in [-0.25, -0.2) is 14.4 Å². The Morgan fingerprint density at radius 1 is 1.05 bits per heavy atom. The molecule has 3 aliphatic heterocycles. The number of nitrogens with zero attached hydrogens (tertiary/aromatic N) is 2. The van der Waals surface area contributed by atoms with E-state index in [1.54, 1.807) is 0 Å². The van der Waals surface area contributed by atoms with Gasteiger partial charge in [0.1, 0.15) is 30.1 Å². The zero-order chi connectivity index (χ0) is 28.6. The van der Waals surface area contributed by atoms with Crippen LogP contribution >= 0.6 is 0 Å². The minimum absolute atomic E-state index is 0.0464. The third kappa shape index (κ3) is 5.62. The monoisotopic (exact) mass is 551 g/mol. The topological polar surface area (TPSA) is 247 Å². The predicted molar refractivity (Wildman–Crippen MR) is 127 cm³/mol. The first-order valence-corrected chi connectivity index (χ1v) is 11.8. The standard InChI is InChI=1S/C24H26N2O13/c27-8-17-18(29)19(30)20(31)24(39-17)38-16-6-10-5-14(23(36)37)26(13(10)7-15(16)28)2-1-9-3-11(21(32)33)25-12(4-9)22(34)35/h1-2,6-7,11,14,17-20,24,27,29-31H,3-5,8H2,(H3-,28,32,33,34,35,36,37)/p+1. The average Bonchev–Trinajstić information content (AvgIpc) is 3.24. The van der Waals surface area contributed by atoms with Gasteiger partial charge >= 0.3 is 17.9 Å². The molecule has 1 fully saturated rings. The van der Waals surface area contributed by atoms with E-state index in [4.69, 9.17) is 9.47 Å². The molecule has 7 atom stereocenters. The minimum Gasteiger partial charge on any atom is -0.504 e. The lowest BCUT2D eigenvalue weighted by Gasteiger charge is -2.39.